The number of aromatic hydroxyl groups is 1. The summed E-state index contributed by atoms with van der Waals surface area (Å²) in [6.07, 6.45) is 5.40. The van der Waals surface area contributed by atoms with Gasteiger partial charge in [0.05, 0.1) is 7.11 Å². The summed E-state index contributed by atoms with van der Waals surface area (Å²) in [7, 11) is 1.39. The number of benzene rings is 1. The lowest BCUT2D eigenvalue weighted by Crippen LogP contribution is -2.07. The molecule has 0 aliphatic carbocycles. The zero-order valence-corrected chi connectivity index (χ0v) is 10.9. The summed E-state index contributed by atoms with van der Waals surface area (Å²) in [5.74, 6) is -1.46. The first-order valence-electron chi connectivity index (χ1n) is 5.71. The van der Waals surface area contributed by atoms with Gasteiger partial charge in [0.1, 0.15) is 0 Å². The fourth-order valence-electron chi connectivity index (χ4n) is 1.50. The molecule has 1 rings (SSSR count). The molecule has 6 heteroatoms. The summed E-state index contributed by atoms with van der Waals surface area (Å²) in [6.45, 7) is 0. The highest BCUT2D eigenvalue weighted by molar-refractivity contribution is 5.86. The van der Waals surface area contributed by atoms with Gasteiger partial charge in [-0.05, 0) is 23.8 Å². The van der Waals surface area contributed by atoms with E-state index in [1.165, 1.54) is 31.4 Å². The molecule has 106 valence electrons. The minimum atomic E-state index is -1.08. The standard InChI is InChI=1S/C14H15NO5/c1-20-11-8-9(5-6-13(17)18)7-10(14(11)19)3-2-4-12(15)16/h2-3,5-8,19H,4H2,1H3,(H2,15,16)(H,17,18). The van der Waals surface area contributed by atoms with Crippen LogP contribution in [0.4, 0.5) is 0 Å². The number of carbonyl (C=O) groups is 2. The number of carbonyl (C=O) groups excluding carboxylic acids is 1. The number of phenolic OH excluding ortho intramolecular Hbond substituents is 1. The average molecular weight is 277 g/mol. The van der Waals surface area contributed by atoms with Crippen molar-refractivity contribution in [1.29, 1.82) is 0 Å². The monoisotopic (exact) mass is 277 g/mol. The smallest absolute Gasteiger partial charge is 0.328 e. The highest BCUT2D eigenvalue weighted by Gasteiger charge is 2.07. The first-order chi connectivity index (χ1) is 9.43. The molecule has 0 saturated carbocycles. The van der Waals surface area contributed by atoms with E-state index in [2.05, 4.69) is 0 Å². The van der Waals surface area contributed by atoms with Crippen LogP contribution in [0.2, 0.25) is 0 Å². The van der Waals surface area contributed by atoms with Crippen molar-refractivity contribution in [2.45, 2.75) is 6.42 Å². The Morgan fingerprint density at radius 2 is 2.05 bits per heavy atom. The number of hydrogen-bond donors (Lipinski definition) is 3. The summed E-state index contributed by atoms with van der Waals surface area (Å²) in [5, 5.41) is 18.5. The largest absolute Gasteiger partial charge is 0.504 e. The predicted octanol–water partition coefficient (Wildman–Crippen LogP) is 1.39. The van der Waals surface area contributed by atoms with Crippen LogP contribution in [0, 0.1) is 0 Å². The van der Waals surface area contributed by atoms with E-state index in [4.69, 9.17) is 15.6 Å². The van der Waals surface area contributed by atoms with Crippen LogP contribution in [0.1, 0.15) is 17.5 Å². The minimum Gasteiger partial charge on any atom is -0.504 e. The molecule has 0 saturated heterocycles. The summed E-state index contributed by atoms with van der Waals surface area (Å²) in [5.41, 5.74) is 5.95. The molecule has 0 bridgehead atoms. The molecule has 1 aromatic rings. The van der Waals surface area contributed by atoms with Crippen LogP contribution < -0.4 is 10.5 Å². The maximum absolute atomic E-state index is 10.6. The third kappa shape index (κ3) is 4.49. The Morgan fingerprint density at radius 3 is 2.60 bits per heavy atom. The van der Waals surface area contributed by atoms with Gasteiger partial charge in [-0.15, -0.1) is 0 Å². The van der Waals surface area contributed by atoms with Crippen LogP contribution in [0.15, 0.2) is 24.3 Å². The van der Waals surface area contributed by atoms with E-state index in [1.54, 1.807) is 6.07 Å². The molecular weight excluding hydrogens is 262 g/mol. The first kappa shape index (κ1) is 15.3. The Bertz CT molecular complexity index is 575. The van der Waals surface area contributed by atoms with Gasteiger partial charge in [0, 0.05) is 18.1 Å². The van der Waals surface area contributed by atoms with Crippen LogP contribution in [0.25, 0.3) is 12.2 Å². The minimum absolute atomic E-state index is 0.0386. The Balaban J connectivity index is 3.14. The van der Waals surface area contributed by atoms with Gasteiger partial charge in [0.25, 0.3) is 0 Å². The van der Waals surface area contributed by atoms with Gasteiger partial charge >= 0.3 is 5.97 Å². The molecular formula is C14H15NO5. The third-order valence-electron chi connectivity index (χ3n) is 2.38. The summed E-state index contributed by atoms with van der Waals surface area (Å²) >= 11 is 0. The van der Waals surface area contributed by atoms with Crippen LogP contribution in [-0.4, -0.2) is 29.2 Å². The van der Waals surface area contributed by atoms with Crippen LogP contribution in [-0.2, 0) is 9.59 Å². The number of rotatable bonds is 6. The lowest BCUT2D eigenvalue weighted by atomic mass is 10.1. The lowest BCUT2D eigenvalue weighted by Gasteiger charge is -2.08. The van der Waals surface area contributed by atoms with Gasteiger partial charge < -0.3 is 20.7 Å². The second-order valence-corrected chi connectivity index (χ2v) is 3.91. The highest BCUT2D eigenvalue weighted by atomic mass is 16.5. The molecule has 0 fully saturated rings. The Hall–Kier alpha value is -2.76. The van der Waals surface area contributed by atoms with E-state index < -0.39 is 11.9 Å². The molecule has 4 N–H and O–H groups in total. The normalized spacial score (nSPS) is 11.1. The number of methoxy groups -OCH3 is 1. The summed E-state index contributed by atoms with van der Waals surface area (Å²) in [6, 6.07) is 3.06. The maximum Gasteiger partial charge on any atom is 0.328 e. The van der Waals surface area contributed by atoms with Crippen molar-refractivity contribution >= 4 is 24.0 Å². The summed E-state index contributed by atoms with van der Waals surface area (Å²) < 4.78 is 5.00. The number of primary amides is 1. The Labute approximate surface area is 115 Å². The third-order valence-corrected chi connectivity index (χ3v) is 2.38. The van der Waals surface area contributed by atoms with Crippen LogP contribution >= 0.6 is 0 Å². The number of carboxylic acid groups (broad SMARTS) is 1. The number of phenols is 1. The van der Waals surface area contributed by atoms with Crippen molar-refractivity contribution in [3.8, 4) is 11.5 Å². The Kier molecular flexibility index (Phi) is 5.34. The van der Waals surface area contributed by atoms with E-state index in [0.717, 1.165) is 6.08 Å². The topological polar surface area (TPSA) is 110 Å². The van der Waals surface area contributed by atoms with E-state index in [-0.39, 0.29) is 17.9 Å². The number of carboxylic acids is 1. The fraction of sp³-hybridized carbons (Fsp3) is 0.143. The second kappa shape index (κ2) is 6.98. The predicted molar refractivity (Wildman–Crippen MR) is 74.2 cm³/mol. The number of amides is 1. The Morgan fingerprint density at radius 1 is 1.35 bits per heavy atom. The first-order valence-corrected chi connectivity index (χ1v) is 5.71. The molecule has 0 aliphatic heterocycles. The van der Waals surface area contributed by atoms with Crippen molar-refractivity contribution in [3.05, 3.63) is 35.4 Å². The molecule has 0 heterocycles. The van der Waals surface area contributed by atoms with E-state index in [1.807, 2.05) is 0 Å². The number of hydrogen-bond acceptors (Lipinski definition) is 4. The molecule has 1 aromatic carbocycles. The molecule has 0 spiro atoms. The number of nitrogens with two attached hydrogens (primary N) is 1. The molecule has 0 aliphatic rings. The molecule has 6 nitrogen and oxygen atoms in total. The van der Waals surface area contributed by atoms with E-state index in [0.29, 0.717) is 11.1 Å². The lowest BCUT2D eigenvalue weighted by molar-refractivity contribution is -0.131. The van der Waals surface area contributed by atoms with Gasteiger partial charge in [0.2, 0.25) is 5.91 Å². The average Bonchev–Trinajstić information content (AvgIpc) is 2.38. The maximum atomic E-state index is 10.6. The fourth-order valence-corrected chi connectivity index (χ4v) is 1.50. The number of aliphatic carboxylic acids is 1. The van der Waals surface area contributed by atoms with Crippen molar-refractivity contribution in [1.82, 2.24) is 0 Å². The molecule has 0 unspecified atom stereocenters. The second-order valence-electron chi connectivity index (χ2n) is 3.91. The van der Waals surface area contributed by atoms with Gasteiger partial charge in [-0.2, -0.15) is 0 Å². The van der Waals surface area contributed by atoms with Crippen LogP contribution in [0.5, 0.6) is 11.5 Å². The van der Waals surface area contributed by atoms with Crippen molar-refractivity contribution in [2.24, 2.45) is 5.73 Å². The molecule has 20 heavy (non-hydrogen) atoms. The zero-order chi connectivity index (χ0) is 15.1. The van der Waals surface area contributed by atoms with Gasteiger partial charge in [-0.25, -0.2) is 4.79 Å². The van der Waals surface area contributed by atoms with Gasteiger partial charge in [-0.3, -0.25) is 4.79 Å². The molecule has 0 atom stereocenters. The SMILES string of the molecule is COc1cc(C=CC(=O)O)cc(C=CCC(N)=O)c1O. The molecule has 0 radical (unpaired) electrons. The molecule has 1 amide bonds. The summed E-state index contributed by atoms with van der Waals surface area (Å²) in [4.78, 5) is 21.1. The van der Waals surface area contributed by atoms with Crippen molar-refractivity contribution < 1.29 is 24.5 Å². The quantitative estimate of drug-likeness (QED) is 0.680. The zero-order valence-electron chi connectivity index (χ0n) is 10.9. The highest BCUT2D eigenvalue weighted by Crippen LogP contribution is 2.32. The molecule has 0 aromatic heterocycles. The van der Waals surface area contributed by atoms with Crippen molar-refractivity contribution in [3.63, 3.8) is 0 Å². The van der Waals surface area contributed by atoms with Gasteiger partial charge in [0.15, 0.2) is 11.5 Å². The van der Waals surface area contributed by atoms with E-state index in [9.17, 15) is 14.7 Å². The van der Waals surface area contributed by atoms with Gasteiger partial charge in [-0.1, -0.05) is 12.2 Å². The van der Waals surface area contributed by atoms with Crippen LogP contribution in [0.3, 0.4) is 0 Å². The number of ether oxygens (including phenoxy) is 1. The van der Waals surface area contributed by atoms with Crippen molar-refractivity contribution in [2.75, 3.05) is 7.11 Å². The van der Waals surface area contributed by atoms with E-state index >= 15 is 0 Å².